The third-order valence-electron chi connectivity index (χ3n) is 15.6. The molecule has 0 bridgehead atoms. The molecule has 452 valence electrons. The summed E-state index contributed by atoms with van der Waals surface area (Å²) < 4.78 is 22.7. The Morgan fingerprint density at radius 3 is 1.30 bits per heavy atom. The molecule has 0 aromatic carbocycles. The topological polar surface area (TPSA) is 228 Å². The van der Waals surface area contributed by atoms with Crippen molar-refractivity contribution in [3.63, 3.8) is 0 Å². The molecule has 12 unspecified atom stereocenters. The molecule has 12 atom stereocenters. The Kier molecular flexibility index (Phi) is 45.3. The first kappa shape index (κ1) is 71.3. The van der Waals surface area contributed by atoms with E-state index in [0.717, 1.165) is 44.9 Å². The molecular weight excluding hydrogens is 979 g/mol. The molecule has 14 heteroatoms. The average molecular weight is 1100 g/mol. The zero-order valence-electron chi connectivity index (χ0n) is 48.7. The number of aliphatic hydroxyl groups is 8. The Labute approximate surface area is 468 Å². The van der Waals surface area contributed by atoms with Crippen molar-refractivity contribution in [3.05, 3.63) is 36.5 Å². The summed E-state index contributed by atoms with van der Waals surface area (Å²) in [7, 11) is 0. The molecule has 1 amide bonds. The molecule has 2 fully saturated rings. The fraction of sp³-hybridized carbons (Fsp3) is 0.889. The minimum absolute atomic E-state index is 0.238. The highest BCUT2D eigenvalue weighted by Gasteiger charge is 2.51. The molecule has 2 heterocycles. The Balaban J connectivity index is 1.59. The lowest BCUT2D eigenvalue weighted by Crippen LogP contribution is -2.65. The summed E-state index contributed by atoms with van der Waals surface area (Å²) in [6.07, 6.45) is 43.7. The van der Waals surface area contributed by atoms with Crippen LogP contribution in [0, 0.1) is 0 Å². The second-order valence-corrected chi connectivity index (χ2v) is 22.5. The van der Waals surface area contributed by atoms with Gasteiger partial charge in [-0.25, -0.2) is 0 Å². The van der Waals surface area contributed by atoms with Crippen molar-refractivity contribution in [1.29, 1.82) is 0 Å². The number of ether oxygens (including phenoxy) is 4. The molecule has 2 aliphatic rings. The van der Waals surface area contributed by atoms with Gasteiger partial charge in [-0.2, -0.15) is 0 Å². The van der Waals surface area contributed by atoms with Crippen LogP contribution in [0.4, 0.5) is 0 Å². The molecule has 0 aromatic rings. The summed E-state index contributed by atoms with van der Waals surface area (Å²) in [4.78, 5) is 13.2. The largest absolute Gasteiger partial charge is 0.394 e. The van der Waals surface area contributed by atoms with Gasteiger partial charge in [0.1, 0.15) is 48.8 Å². The summed E-state index contributed by atoms with van der Waals surface area (Å²) >= 11 is 0. The van der Waals surface area contributed by atoms with Gasteiger partial charge >= 0.3 is 0 Å². The van der Waals surface area contributed by atoms with Crippen molar-refractivity contribution in [3.8, 4) is 0 Å². The molecule has 0 saturated carbocycles. The number of amides is 1. The average Bonchev–Trinajstić information content (AvgIpc) is 3.45. The van der Waals surface area contributed by atoms with Gasteiger partial charge in [-0.05, 0) is 51.4 Å². The lowest BCUT2D eigenvalue weighted by atomic mass is 9.97. The number of aliphatic hydroxyl groups excluding tert-OH is 8. The first-order chi connectivity index (χ1) is 37.6. The van der Waals surface area contributed by atoms with Crippen molar-refractivity contribution in [2.24, 2.45) is 0 Å². The van der Waals surface area contributed by atoms with Gasteiger partial charge in [0.15, 0.2) is 12.6 Å². The maximum atomic E-state index is 13.2. The van der Waals surface area contributed by atoms with E-state index in [1.54, 1.807) is 6.08 Å². The molecular formula is C63H117NO13. The van der Waals surface area contributed by atoms with Gasteiger partial charge in [-0.15, -0.1) is 0 Å². The van der Waals surface area contributed by atoms with E-state index in [2.05, 4.69) is 43.5 Å². The standard InChI is InChI=1S/C63H117NO13/c1-3-5-7-9-11-13-15-16-17-18-19-20-21-22-23-24-25-26-27-28-29-30-31-32-33-34-35-36-37-39-41-43-45-47-55(68)64-51(52(67)46-44-42-40-38-14-12-10-8-6-4-2)50-74-62-60(73)58(71)61(54(49-66)76-62)77-63-59(72)57(70)56(69)53(48-65)75-63/h15-16,18-19,44,46,51-54,56-63,65-67,69-73H,3-14,17,20-43,45,47-50H2,1-2H3,(H,64,68)/b16-15-,19-18-,46-44+. The van der Waals surface area contributed by atoms with E-state index in [4.69, 9.17) is 18.9 Å². The lowest BCUT2D eigenvalue weighted by Gasteiger charge is -2.46. The highest BCUT2D eigenvalue weighted by atomic mass is 16.7. The van der Waals surface area contributed by atoms with E-state index in [-0.39, 0.29) is 18.9 Å². The number of rotatable bonds is 51. The normalized spacial score (nSPS) is 24.9. The second-order valence-electron chi connectivity index (χ2n) is 22.5. The zero-order chi connectivity index (χ0) is 56.0. The predicted molar refractivity (Wildman–Crippen MR) is 309 cm³/mol. The second kappa shape index (κ2) is 48.9. The molecule has 14 nitrogen and oxygen atoms in total. The monoisotopic (exact) mass is 1100 g/mol. The molecule has 2 saturated heterocycles. The number of carbonyl (C=O) groups excluding carboxylic acids is 1. The fourth-order valence-electron chi connectivity index (χ4n) is 10.4. The summed E-state index contributed by atoms with van der Waals surface area (Å²) in [6.45, 7) is 2.77. The van der Waals surface area contributed by atoms with Crippen LogP contribution in [0.1, 0.15) is 264 Å². The maximum absolute atomic E-state index is 13.2. The van der Waals surface area contributed by atoms with Gasteiger partial charge in [0.25, 0.3) is 0 Å². The van der Waals surface area contributed by atoms with E-state index >= 15 is 0 Å². The molecule has 0 spiro atoms. The van der Waals surface area contributed by atoms with Gasteiger partial charge in [0, 0.05) is 6.42 Å². The van der Waals surface area contributed by atoms with Crippen LogP contribution in [0.25, 0.3) is 0 Å². The highest BCUT2D eigenvalue weighted by Crippen LogP contribution is 2.30. The lowest BCUT2D eigenvalue weighted by molar-refractivity contribution is -0.359. The molecule has 0 aliphatic carbocycles. The number of hydrogen-bond donors (Lipinski definition) is 9. The van der Waals surface area contributed by atoms with Crippen molar-refractivity contribution in [2.45, 2.75) is 338 Å². The Morgan fingerprint density at radius 1 is 0.468 bits per heavy atom. The predicted octanol–water partition coefficient (Wildman–Crippen LogP) is 11.4. The first-order valence-electron chi connectivity index (χ1n) is 31.7. The third kappa shape index (κ3) is 34.3. The summed E-state index contributed by atoms with van der Waals surface area (Å²) in [5.41, 5.74) is 0. The number of carbonyl (C=O) groups is 1. The van der Waals surface area contributed by atoms with Gasteiger partial charge in [0.05, 0.1) is 32.0 Å². The van der Waals surface area contributed by atoms with E-state index in [1.165, 1.54) is 193 Å². The summed E-state index contributed by atoms with van der Waals surface area (Å²) in [6, 6.07) is -0.911. The van der Waals surface area contributed by atoms with Gasteiger partial charge in [0.2, 0.25) is 5.91 Å². The molecule has 2 rings (SSSR count). The Hall–Kier alpha value is -1.79. The van der Waals surface area contributed by atoms with Crippen LogP contribution in [0.15, 0.2) is 36.5 Å². The Bertz CT molecular complexity index is 1430. The summed E-state index contributed by atoms with van der Waals surface area (Å²) in [5, 5.41) is 86.9. The van der Waals surface area contributed by atoms with Crippen molar-refractivity contribution in [2.75, 3.05) is 19.8 Å². The quantitative estimate of drug-likeness (QED) is 0.0204. The zero-order valence-corrected chi connectivity index (χ0v) is 48.7. The third-order valence-corrected chi connectivity index (χ3v) is 15.6. The van der Waals surface area contributed by atoms with E-state index in [9.17, 15) is 45.6 Å². The highest BCUT2D eigenvalue weighted by molar-refractivity contribution is 5.76. The van der Waals surface area contributed by atoms with Crippen LogP contribution in [0.5, 0.6) is 0 Å². The molecule has 0 radical (unpaired) electrons. The Morgan fingerprint density at radius 2 is 0.857 bits per heavy atom. The van der Waals surface area contributed by atoms with Crippen LogP contribution >= 0.6 is 0 Å². The van der Waals surface area contributed by atoms with Gasteiger partial charge in [-0.3, -0.25) is 4.79 Å². The van der Waals surface area contributed by atoms with Crippen molar-refractivity contribution in [1.82, 2.24) is 5.32 Å². The van der Waals surface area contributed by atoms with Crippen LogP contribution in [0.3, 0.4) is 0 Å². The minimum Gasteiger partial charge on any atom is -0.394 e. The maximum Gasteiger partial charge on any atom is 0.220 e. The van der Waals surface area contributed by atoms with Crippen LogP contribution in [0.2, 0.25) is 0 Å². The van der Waals surface area contributed by atoms with Crippen LogP contribution in [-0.4, -0.2) is 140 Å². The first-order valence-corrected chi connectivity index (χ1v) is 31.7. The molecule has 0 aromatic heterocycles. The van der Waals surface area contributed by atoms with E-state index in [1.807, 2.05) is 6.08 Å². The minimum atomic E-state index is -1.79. The van der Waals surface area contributed by atoms with E-state index in [0.29, 0.717) is 6.42 Å². The van der Waals surface area contributed by atoms with Crippen LogP contribution < -0.4 is 5.32 Å². The number of nitrogens with one attached hydrogen (secondary N) is 1. The smallest absolute Gasteiger partial charge is 0.220 e. The van der Waals surface area contributed by atoms with Gasteiger partial charge < -0.3 is 65.1 Å². The van der Waals surface area contributed by atoms with E-state index < -0.39 is 86.8 Å². The van der Waals surface area contributed by atoms with Gasteiger partial charge in [-0.1, -0.05) is 243 Å². The number of unbranched alkanes of at least 4 members (excludes halogenated alkanes) is 34. The van der Waals surface area contributed by atoms with Crippen molar-refractivity contribution >= 4 is 5.91 Å². The molecule has 2 aliphatic heterocycles. The fourth-order valence-corrected chi connectivity index (χ4v) is 10.4. The summed E-state index contributed by atoms with van der Waals surface area (Å²) in [5.74, 6) is -0.238. The van der Waals surface area contributed by atoms with Crippen molar-refractivity contribution < 1.29 is 64.6 Å². The number of hydrogen-bond acceptors (Lipinski definition) is 13. The number of allylic oxidation sites excluding steroid dienone is 5. The van der Waals surface area contributed by atoms with Crippen LogP contribution in [-0.2, 0) is 23.7 Å². The SMILES string of the molecule is CCCCCCC/C=C\C/C=C\CCCCCCCCCCCCCCCCCCCCCCCC(=O)NC(COC1OC(CO)C(OC2OC(CO)C(O)C(O)C2O)C(O)C1O)C(O)/C=C/CCCCCCCCCC. The molecule has 9 N–H and O–H groups in total. The molecule has 77 heavy (non-hydrogen) atoms.